The molecule has 1 rings (SSSR count). The number of aldehydes is 1. The SMILES string of the molecule is Cc1bcc(C=O)o1. The first kappa shape index (κ1) is 5.28. The minimum absolute atomic E-state index is 0.391. The maximum absolute atomic E-state index is 9.93. The van der Waals surface area contributed by atoms with Crippen molar-refractivity contribution in [3.8, 4) is 0 Å². The van der Waals surface area contributed by atoms with E-state index >= 15 is 0 Å². The van der Waals surface area contributed by atoms with E-state index in [-0.39, 0.29) is 0 Å². The van der Waals surface area contributed by atoms with Gasteiger partial charge in [-0.05, 0) is 0 Å². The van der Waals surface area contributed by atoms with E-state index in [9.17, 15) is 4.79 Å². The molecular formula is C5H5BO2. The normalized spacial score (nSPS) is 8.62. The molecule has 1 aromatic rings. The van der Waals surface area contributed by atoms with Crippen molar-refractivity contribution in [3.05, 3.63) is 17.4 Å². The van der Waals surface area contributed by atoms with Crippen molar-refractivity contribution in [1.29, 1.82) is 0 Å². The standard InChI is InChI=1S/C5H5BO2/c1-4-6-2-5(3-7)8-4/h2-3H,1H3. The fourth-order valence-corrected chi connectivity index (χ4v) is 0.517. The van der Waals surface area contributed by atoms with Crippen molar-refractivity contribution in [2.24, 2.45) is 0 Å². The molecule has 40 valence electrons. The van der Waals surface area contributed by atoms with E-state index in [4.69, 9.17) is 4.42 Å². The third-order valence-electron chi connectivity index (χ3n) is 0.877. The Kier molecular flexibility index (Phi) is 1.28. The molecule has 0 aliphatic carbocycles. The molecule has 0 fully saturated rings. The quantitative estimate of drug-likeness (QED) is 0.496. The van der Waals surface area contributed by atoms with Crippen molar-refractivity contribution < 1.29 is 9.21 Å². The Labute approximate surface area is 47.7 Å². The van der Waals surface area contributed by atoms with E-state index in [1.54, 1.807) is 19.8 Å². The average Bonchev–Trinajstić information content (AvgIpc) is 2.14. The van der Waals surface area contributed by atoms with Gasteiger partial charge in [0.25, 0.3) is 0 Å². The number of carbonyl (C=O) groups excluding carboxylic acids is 1. The Bertz CT molecular complexity index is 192. The Morgan fingerprint density at radius 1 is 1.88 bits per heavy atom. The van der Waals surface area contributed by atoms with Gasteiger partial charge in [-0.25, -0.2) is 0 Å². The Morgan fingerprint density at radius 3 is 2.88 bits per heavy atom. The second-order valence-corrected chi connectivity index (χ2v) is 1.57. The van der Waals surface area contributed by atoms with Crippen LogP contribution in [0.5, 0.6) is 0 Å². The Hall–Kier alpha value is -0.855. The van der Waals surface area contributed by atoms with Gasteiger partial charge < -0.3 is 0 Å². The molecule has 3 heteroatoms. The third kappa shape index (κ3) is 0.859. The summed E-state index contributed by atoms with van der Waals surface area (Å²) >= 11 is 0. The number of rotatable bonds is 1. The van der Waals surface area contributed by atoms with Gasteiger partial charge in [0, 0.05) is 0 Å². The molecule has 0 N–H and O–H groups in total. The van der Waals surface area contributed by atoms with Crippen LogP contribution >= 0.6 is 0 Å². The second-order valence-electron chi connectivity index (χ2n) is 1.57. The zero-order valence-electron chi connectivity index (χ0n) is 4.55. The fourth-order valence-electron chi connectivity index (χ4n) is 0.517. The zero-order chi connectivity index (χ0) is 5.98. The summed E-state index contributed by atoms with van der Waals surface area (Å²) in [6.07, 6.45) is 0.688. The van der Waals surface area contributed by atoms with E-state index < -0.39 is 0 Å². The first-order chi connectivity index (χ1) is 3.83. The van der Waals surface area contributed by atoms with Gasteiger partial charge in [0.05, 0.1) is 0 Å². The molecule has 0 aliphatic rings. The van der Waals surface area contributed by atoms with Gasteiger partial charge >= 0.3 is 46.7 Å². The Balaban J connectivity index is 3.00. The molecule has 0 bridgehead atoms. The van der Waals surface area contributed by atoms with Crippen LogP contribution in [-0.2, 0) is 0 Å². The maximum atomic E-state index is 9.93. The van der Waals surface area contributed by atoms with Gasteiger partial charge in [0.15, 0.2) is 0 Å². The molecule has 0 atom stereocenters. The topological polar surface area (TPSA) is 30.2 Å². The van der Waals surface area contributed by atoms with Crippen LogP contribution < -0.4 is 0 Å². The second kappa shape index (κ2) is 1.94. The monoisotopic (exact) mass is 108 g/mol. The predicted molar refractivity (Wildman–Crippen MR) is 30.2 cm³/mol. The minimum atomic E-state index is 0.391. The summed E-state index contributed by atoms with van der Waals surface area (Å²) in [4.78, 5) is 9.93. The van der Waals surface area contributed by atoms with E-state index in [0.29, 0.717) is 12.0 Å². The van der Waals surface area contributed by atoms with Crippen LogP contribution in [0.4, 0.5) is 0 Å². The molecule has 0 radical (unpaired) electrons. The van der Waals surface area contributed by atoms with Crippen LogP contribution in [0, 0.1) is 6.92 Å². The van der Waals surface area contributed by atoms with Crippen LogP contribution in [0.1, 0.15) is 16.2 Å². The van der Waals surface area contributed by atoms with Crippen molar-refractivity contribution in [1.82, 2.24) is 0 Å². The molecule has 0 unspecified atom stereocenters. The summed E-state index contributed by atoms with van der Waals surface area (Å²) < 4.78 is 4.86. The van der Waals surface area contributed by atoms with Crippen molar-refractivity contribution in [2.75, 3.05) is 0 Å². The first-order valence-electron chi connectivity index (χ1n) is 2.34. The van der Waals surface area contributed by atoms with Crippen molar-refractivity contribution in [2.45, 2.75) is 6.92 Å². The van der Waals surface area contributed by atoms with Crippen LogP contribution in [-0.4, -0.2) is 13.2 Å². The Morgan fingerprint density at radius 2 is 2.62 bits per heavy atom. The van der Waals surface area contributed by atoms with Crippen LogP contribution in [0.25, 0.3) is 0 Å². The molecule has 0 aliphatic heterocycles. The molecule has 0 saturated heterocycles. The third-order valence-corrected chi connectivity index (χ3v) is 0.877. The first-order valence-corrected chi connectivity index (χ1v) is 2.34. The van der Waals surface area contributed by atoms with E-state index in [0.717, 1.165) is 5.66 Å². The summed E-state index contributed by atoms with van der Waals surface area (Å²) in [5.41, 5.74) is 0.770. The average molecular weight is 108 g/mol. The predicted octanol–water partition coefficient (Wildman–Crippen LogP) is 0.739. The molecule has 0 amide bonds. The number of hydrogen-bond donors (Lipinski definition) is 0. The van der Waals surface area contributed by atoms with E-state index in [2.05, 4.69) is 0 Å². The van der Waals surface area contributed by atoms with Gasteiger partial charge in [-0.1, -0.05) is 0 Å². The molecule has 0 saturated carbocycles. The zero-order valence-corrected chi connectivity index (χ0v) is 4.55. The summed E-state index contributed by atoms with van der Waals surface area (Å²) in [7, 11) is 0. The molecule has 2 nitrogen and oxygen atoms in total. The molecule has 1 aromatic heterocycles. The molecular weight excluding hydrogens is 103 g/mol. The molecule has 1 heterocycles. The van der Waals surface area contributed by atoms with Gasteiger partial charge in [0.2, 0.25) is 0 Å². The van der Waals surface area contributed by atoms with Crippen LogP contribution in [0.2, 0.25) is 0 Å². The van der Waals surface area contributed by atoms with Gasteiger partial charge in [-0.15, -0.1) is 0 Å². The number of carbonyl (C=O) groups is 1. The number of aryl methyl sites for hydroxylation is 1. The fraction of sp³-hybridized carbons (Fsp3) is 0.200. The van der Waals surface area contributed by atoms with Gasteiger partial charge in [-0.3, -0.25) is 0 Å². The number of hydrogen-bond acceptors (Lipinski definition) is 2. The molecule has 0 aromatic carbocycles. The summed E-state index contributed by atoms with van der Waals surface area (Å²) in [6.45, 7) is 3.55. The summed E-state index contributed by atoms with van der Waals surface area (Å²) in [6, 6.07) is 0. The van der Waals surface area contributed by atoms with Crippen LogP contribution in [0.3, 0.4) is 0 Å². The molecule has 0 spiro atoms. The molecule has 8 heavy (non-hydrogen) atoms. The van der Waals surface area contributed by atoms with Gasteiger partial charge in [-0.2, -0.15) is 0 Å². The van der Waals surface area contributed by atoms with Crippen molar-refractivity contribution in [3.63, 3.8) is 0 Å². The van der Waals surface area contributed by atoms with E-state index in [1.807, 2.05) is 0 Å². The summed E-state index contributed by atoms with van der Waals surface area (Å²) in [5, 5.41) is 0. The van der Waals surface area contributed by atoms with Crippen molar-refractivity contribution >= 4 is 13.2 Å². The summed E-state index contributed by atoms with van der Waals surface area (Å²) in [5.74, 6) is 2.03. The van der Waals surface area contributed by atoms with E-state index in [1.165, 1.54) is 0 Å². The van der Waals surface area contributed by atoms with Gasteiger partial charge in [0.1, 0.15) is 0 Å². The van der Waals surface area contributed by atoms with Crippen LogP contribution in [0.15, 0.2) is 10.4 Å².